The van der Waals surface area contributed by atoms with E-state index in [1.54, 1.807) is 36.4 Å². The van der Waals surface area contributed by atoms with Gasteiger partial charge in [-0.05, 0) is 42.5 Å². The lowest BCUT2D eigenvalue weighted by Gasteiger charge is -2.09. The van der Waals surface area contributed by atoms with Crippen LogP contribution < -0.4 is 10.0 Å². The topological polar surface area (TPSA) is 75.3 Å². The fraction of sp³-hybridized carbons (Fsp3) is 0.0714. The molecule has 0 spiro atoms. The highest BCUT2D eigenvalue weighted by Crippen LogP contribution is 2.20. The summed E-state index contributed by atoms with van der Waals surface area (Å²) in [7, 11) is -3.64. The summed E-state index contributed by atoms with van der Waals surface area (Å²) in [6, 6.07) is 12.9. The van der Waals surface area contributed by atoms with E-state index in [1.165, 1.54) is 19.1 Å². The molecule has 2 rings (SSSR count). The van der Waals surface area contributed by atoms with Crippen LogP contribution in [-0.2, 0) is 14.8 Å². The number of benzene rings is 2. The quantitative estimate of drug-likeness (QED) is 0.869. The lowest BCUT2D eigenvalue weighted by molar-refractivity contribution is -0.114. The van der Waals surface area contributed by atoms with E-state index in [-0.39, 0.29) is 10.8 Å². The zero-order valence-electron chi connectivity index (χ0n) is 11.1. The third-order valence-corrected chi connectivity index (χ3v) is 4.44. The predicted molar refractivity (Wildman–Crippen MR) is 85.7 cm³/mol. The number of hydrogen-bond acceptors (Lipinski definition) is 3. The summed E-state index contributed by atoms with van der Waals surface area (Å²) in [5.74, 6) is -0.183. The number of carbonyl (C=O) groups is 1. The van der Waals surface area contributed by atoms with Crippen molar-refractivity contribution in [1.82, 2.24) is 0 Å². The summed E-state index contributed by atoms with van der Waals surface area (Å²) >= 11 is 3.24. The molecule has 2 aromatic rings. The monoisotopic (exact) mass is 368 g/mol. The third kappa shape index (κ3) is 4.30. The van der Waals surface area contributed by atoms with Crippen molar-refractivity contribution >= 4 is 43.2 Å². The Morgan fingerprint density at radius 3 is 2.24 bits per heavy atom. The first kappa shape index (κ1) is 15.5. The summed E-state index contributed by atoms with van der Waals surface area (Å²) < 4.78 is 27.6. The van der Waals surface area contributed by atoms with Gasteiger partial charge in [0.05, 0.1) is 4.90 Å². The van der Waals surface area contributed by atoms with Gasteiger partial charge in [0.1, 0.15) is 0 Å². The SMILES string of the molecule is CC(=O)Nc1ccc(NS(=O)(=O)c2cccc(Br)c2)cc1. The molecule has 0 aromatic heterocycles. The molecule has 0 aliphatic rings. The Morgan fingerprint density at radius 2 is 1.67 bits per heavy atom. The van der Waals surface area contributed by atoms with Gasteiger partial charge in [0.2, 0.25) is 5.91 Å². The van der Waals surface area contributed by atoms with Crippen LogP contribution in [-0.4, -0.2) is 14.3 Å². The minimum atomic E-state index is -3.64. The Labute approximate surface area is 131 Å². The molecule has 110 valence electrons. The Morgan fingerprint density at radius 1 is 1.05 bits per heavy atom. The zero-order chi connectivity index (χ0) is 15.5. The maximum absolute atomic E-state index is 12.2. The maximum Gasteiger partial charge on any atom is 0.261 e. The van der Waals surface area contributed by atoms with Crippen LogP contribution in [0, 0.1) is 0 Å². The zero-order valence-corrected chi connectivity index (χ0v) is 13.5. The van der Waals surface area contributed by atoms with Gasteiger partial charge in [-0.15, -0.1) is 0 Å². The minimum Gasteiger partial charge on any atom is -0.326 e. The maximum atomic E-state index is 12.2. The van der Waals surface area contributed by atoms with Crippen LogP contribution in [0.4, 0.5) is 11.4 Å². The van der Waals surface area contributed by atoms with Gasteiger partial charge in [-0.2, -0.15) is 0 Å². The Kier molecular flexibility index (Phi) is 4.64. The average Bonchev–Trinajstić information content (AvgIpc) is 2.40. The first-order chi connectivity index (χ1) is 9.87. The first-order valence-electron chi connectivity index (χ1n) is 6.03. The Hall–Kier alpha value is -1.86. The molecule has 0 radical (unpaired) electrons. The van der Waals surface area contributed by atoms with E-state index in [2.05, 4.69) is 26.0 Å². The van der Waals surface area contributed by atoms with Gasteiger partial charge in [-0.1, -0.05) is 22.0 Å². The smallest absolute Gasteiger partial charge is 0.261 e. The van der Waals surface area contributed by atoms with Crippen LogP contribution in [0.15, 0.2) is 57.9 Å². The molecule has 0 unspecified atom stereocenters. The van der Waals surface area contributed by atoms with Gasteiger partial charge in [0.25, 0.3) is 10.0 Å². The van der Waals surface area contributed by atoms with Crippen LogP contribution in [0.5, 0.6) is 0 Å². The largest absolute Gasteiger partial charge is 0.326 e. The van der Waals surface area contributed by atoms with Gasteiger partial charge in [0.15, 0.2) is 0 Å². The Balaban J connectivity index is 2.19. The number of anilines is 2. The van der Waals surface area contributed by atoms with Gasteiger partial charge >= 0.3 is 0 Å². The van der Waals surface area contributed by atoms with Crippen molar-refractivity contribution in [3.63, 3.8) is 0 Å². The van der Waals surface area contributed by atoms with Crippen LogP contribution in [0.3, 0.4) is 0 Å². The second-order valence-electron chi connectivity index (χ2n) is 4.32. The second kappa shape index (κ2) is 6.28. The molecular weight excluding hydrogens is 356 g/mol. The molecule has 0 bridgehead atoms. The van der Waals surface area contributed by atoms with E-state index in [9.17, 15) is 13.2 Å². The van der Waals surface area contributed by atoms with Crippen LogP contribution in [0.2, 0.25) is 0 Å². The van der Waals surface area contributed by atoms with Crippen molar-refractivity contribution in [3.05, 3.63) is 53.0 Å². The molecule has 0 aliphatic carbocycles. The molecular formula is C14H13BrN2O3S. The summed E-state index contributed by atoms with van der Waals surface area (Å²) in [4.78, 5) is 11.1. The van der Waals surface area contributed by atoms with Crippen LogP contribution >= 0.6 is 15.9 Å². The van der Waals surface area contributed by atoms with Crippen molar-refractivity contribution in [2.45, 2.75) is 11.8 Å². The molecule has 21 heavy (non-hydrogen) atoms. The lowest BCUT2D eigenvalue weighted by atomic mass is 10.3. The van der Waals surface area contributed by atoms with E-state index in [4.69, 9.17) is 0 Å². The molecule has 1 amide bonds. The number of carbonyl (C=O) groups excluding carboxylic acids is 1. The van der Waals surface area contributed by atoms with Crippen molar-refractivity contribution in [1.29, 1.82) is 0 Å². The molecule has 5 nitrogen and oxygen atoms in total. The number of rotatable bonds is 4. The van der Waals surface area contributed by atoms with Gasteiger partial charge < -0.3 is 5.32 Å². The number of amides is 1. The van der Waals surface area contributed by atoms with E-state index in [1.807, 2.05) is 0 Å². The summed E-state index contributed by atoms with van der Waals surface area (Å²) in [5, 5.41) is 2.61. The Bertz CT molecular complexity index is 758. The van der Waals surface area contributed by atoms with E-state index < -0.39 is 10.0 Å². The number of hydrogen-bond donors (Lipinski definition) is 2. The molecule has 0 saturated carbocycles. The first-order valence-corrected chi connectivity index (χ1v) is 8.30. The number of sulfonamides is 1. The van der Waals surface area contributed by atoms with Crippen molar-refractivity contribution in [2.75, 3.05) is 10.0 Å². The van der Waals surface area contributed by atoms with Crippen LogP contribution in [0.1, 0.15) is 6.92 Å². The minimum absolute atomic E-state index is 0.169. The highest BCUT2D eigenvalue weighted by molar-refractivity contribution is 9.10. The normalized spacial score (nSPS) is 11.0. The summed E-state index contributed by atoms with van der Waals surface area (Å²) in [6.45, 7) is 1.41. The molecule has 2 aromatic carbocycles. The van der Waals surface area contributed by atoms with Crippen molar-refractivity contribution in [2.24, 2.45) is 0 Å². The standard InChI is InChI=1S/C14H13BrN2O3S/c1-10(18)16-12-5-7-13(8-6-12)17-21(19,20)14-4-2-3-11(15)9-14/h2-9,17H,1H3,(H,16,18). The summed E-state index contributed by atoms with van der Waals surface area (Å²) in [6.07, 6.45) is 0. The molecule has 0 heterocycles. The van der Waals surface area contributed by atoms with Gasteiger partial charge in [-0.3, -0.25) is 9.52 Å². The molecule has 0 atom stereocenters. The number of nitrogens with one attached hydrogen (secondary N) is 2. The van der Waals surface area contributed by atoms with E-state index in [0.29, 0.717) is 15.8 Å². The van der Waals surface area contributed by atoms with Crippen molar-refractivity contribution < 1.29 is 13.2 Å². The highest BCUT2D eigenvalue weighted by Gasteiger charge is 2.14. The molecule has 0 aliphatic heterocycles. The highest BCUT2D eigenvalue weighted by atomic mass is 79.9. The fourth-order valence-corrected chi connectivity index (χ4v) is 3.33. The lowest BCUT2D eigenvalue weighted by Crippen LogP contribution is -2.13. The average molecular weight is 369 g/mol. The van der Waals surface area contributed by atoms with Gasteiger partial charge in [0, 0.05) is 22.8 Å². The predicted octanol–water partition coefficient (Wildman–Crippen LogP) is 3.21. The molecule has 0 fully saturated rings. The fourth-order valence-electron chi connectivity index (χ4n) is 1.67. The summed E-state index contributed by atoms with van der Waals surface area (Å²) in [5.41, 5.74) is 1.02. The van der Waals surface area contributed by atoms with Gasteiger partial charge in [-0.25, -0.2) is 8.42 Å². The van der Waals surface area contributed by atoms with Crippen molar-refractivity contribution in [3.8, 4) is 0 Å². The molecule has 2 N–H and O–H groups in total. The molecule has 7 heteroatoms. The second-order valence-corrected chi connectivity index (χ2v) is 6.92. The van der Waals surface area contributed by atoms with E-state index in [0.717, 1.165) is 0 Å². The molecule has 0 saturated heterocycles. The van der Waals surface area contributed by atoms with E-state index >= 15 is 0 Å². The number of halogens is 1. The third-order valence-electron chi connectivity index (χ3n) is 2.56. The van der Waals surface area contributed by atoms with Crippen LogP contribution in [0.25, 0.3) is 0 Å².